The van der Waals surface area contributed by atoms with E-state index in [0.29, 0.717) is 28.9 Å². The minimum absolute atomic E-state index is 0.394. The van der Waals surface area contributed by atoms with Crippen molar-refractivity contribution in [2.24, 2.45) is 0 Å². The summed E-state index contributed by atoms with van der Waals surface area (Å²) >= 11 is 5.90. The Labute approximate surface area is 175 Å². The molecule has 29 heavy (non-hydrogen) atoms. The fourth-order valence-corrected chi connectivity index (χ4v) is 2.75. The molecular formula is C24H21ClO4. The smallest absolute Gasteiger partial charge is 0.336 e. The molecule has 0 atom stereocenters. The number of methoxy groups -OCH3 is 1. The van der Waals surface area contributed by atoms with Crippen LogP contribution in [0.4, 0.5) is 0 Å². The van der Waals surface area contributed by atoms with E-state index in [1.807, 2.05) is 55.5 Å². The molecule has 0 aliphatic heterocycles. The Kier molecular flexibility index (Phi) is 6.93. The Morgan fingerprint density at radius 1 is 0.966 bits per heavy atom. The molecule has 0 unspecified atom stereocenters. The summed E-state index contributed by atoms with van der Waals surface area (Å²) in [6.45, 7) is 2.28. The predicted octanol–water partition coefficient (Wildman–Crippen LogP) is 5.85. The lowest BCUT2D eigenvalue weighted by Gasteiger charge is -2.11. The van der Waals surface area contributed by atoms with Gasteiger partial charge in [-0.05, 0) is 60.0 Å². The normalized spacial score (nSPS) is 10.7. The second-order valence-corrected chi connectivity index (χ2v) is 6.78. The number of carbonyl (C=O) groups is 1. The molecular weight excluding hydrogens is 388 g/mol. The SMILES string of the molecule is COc1cc(/C=C/C(=O)Oc2ccccc2C)ccc1OCc1ccc(Cl)cc1. The molecule has 3 rings (SSSR count). The number of halogens is 1. The quantitative estimate of drug-likeness (QED) is 0.279. The zero-order valence-electron chi connectivity index (χ0n) is 16.2. The van der Waals surface area contributed by atoms with Crippen LogP contribution in [0.1, 0.15) is 16.7 Å². The molecule has 0 aromatic heterocycles. The summed E-state index contributed by atoms with van der Waals surface area (Å²) in [4.78, 5) is 12.1. The maximum Gasteiger partial charge on any atom is 0.336 e. The van der Waals surface area contributed by atoms with E-state index < -0.39 is 5.97 Å². The van der Waals surface area contributed by atoms with Crippen LogP contribution in [-0.4, -0.2) is 13.1 Å². The number of para-hydroxylation sites is 1. The lowest BCUT2D eigenvalue weighted by molar-refractivity contribution is -0.128. The van der Waals surface area contributed by atoms with E-state index in [0.717, 1.165) is 16.7 Å². The molecule has 0 spiro atoms. The number of rotatable bonds is 7. The van der Waals surface area contributed by atoms with Crippen LogP contribution in [0.25, 0.3) is 6.08 Å². The highest BCUT2D eigenvalue weighted by Crippen LogP contribution is 2.29. The lowest BCUT2D eigenvalue weighted by Crippen LogP contribution is -2.04. The average molecular weight is 409 g/mol. The van der Waals surface area contributed by atoms with Crippen molar-refractivity contribution in [2.45, 2.75) is 13.5 Å². The van der Waals surface area contributed by atoms with E-state index in [-0.39, 0.29) is 0 Å². The first kappa shape index (κ1) is 20.5. The molecule has 0 radical (unpaired) electrons. The van der Waals surface area contributed by atoms with Gasteiger partial charge >= 0.3 is 5.97 Å². The molecule has 0 aliphatic rings. The number of carbonyl (C=O) groups excluding carboxylic acids is 1. The molecule has 0 fully saturated rings. The van der Waals surface area contributed by atoms with Gasteiger partial charge in [0.1, 0.15) is 12.4 Å². The molecule has 0 aliphatic carbocycles. The van der Waals surface area contributed by atoms with E-state index in [9.17, 15) is 4.79 Å². The van der Waals surface area contributed by atoms with Gasteiger partial charge in [0.15, 0.2) is 11.5 Å². The fourth-order valence-electron chi connectivity index (χ4n) is 2.63. The third-order valence-electron chi connectivity index (χ3n) is 4.21. The van der Waals surface area contributed by atoms with Gasteiger partial charge in [0, 0.05) is 11.1 Å². The maximum atomic E-state index is 12.1. The van der Waals surface area contributed by atoms with Crippen LogP contribution in [0.15, 0.2) is 72.8 Å². The number of hydrogen-bond donors (Lipinski definition) is 0. The number of hydrogen-bond acceptors (Lipinski definition) is 4. The monoisotopic (exact) mass is 408 g/mol. The highest BCUT2D eigenvalue weighted by atomic mass is 35.5. The zero-order chi connectivity index (χ0) is 20.6. The zero-order valence-corrected chi connectivity index (χ0v) is 17.0. The Morgan fingerprint density at radius 3 is 2.45 bits per heavy atom. The molecule has 0 bridgehead atoms. The molecule has 0 N–H and O–H groups in total. The van der Waals surface area contributed by atoms with E-state index in [4.69, 9.17) is 25.8 Å². The van der Waals surface area contributed by atoms with Crippen molar-refractivity contribution < 1.29 is 19.0 Å². The molecule has 5 heteroatoms. The predicted molar refractivity (Wildman–Crippen MR) is 115 cm³/mol. The van der Waals surface area contributed by atoms with Crippen molar-refractivity contribution >= 4 is 23.6 Å². The molecule has 0 heterocycles. The fraction of sp³-hybridized carbons (Fsp3) is 0.125. The Balaban J connectivity index is 1.64. The third kappa shape index (κ3) is 5.87. The van der Waals surface area contributed by atoms with Gasteiger partial charge in [-0.15, -0.1) is 0 Å². The number of benzene rings is 3. The van der Waals surface area contributed by atoms with Crippen LogP contribution < -0.4 is 14.2 Å². The minimum atomic E-state index is -0.443. The van der Waals surface area contributed by atoms with Crippen molar-refractivity contribution in [1.82, 2.24) is 0 Å². The second kappa shape index (κ2) is 9.80. The van der Waals surface area contributed by atoms with Crippen molar-refractivity contribution in [2.75, 3.05) is 7.11 Å². The highest BCUT2D eigenvalue weighted by Gasteiger charge is 2.07. The summed E-state index contributed by atoms with van der Waals surface area (Å²) in [5, 5.41) is 0.684. The first-order valence-corrected chi connectivity index (χ1v) is 9.44. The summed E-state index contributed by atoms with van der Waals surface area (Å²) in [7, 11) is 1.57. The molecule has 3 aromatic carbocycles. The average Bonchev–Trinajstić information content (AvgIpc) is 2.74. The Hall–Kier alpha value is -3.24. The minimum Gasteiger partial charge on any atom is -0.493 e. The number of ether oxygens (including phenoxy) is 3. The van der Waals surface area contributed by atoms with E-state index in [1.54, 1.807) is 31.4 Å². The summed E-state index contributed by atoms with van der Waals surface area (Å²) in [6.07, 6.45) is 3.06. The van der Waals surface area contributed by atoms with Gasteiger partial charge in [0.2, 0.25) is 0 Å². The molecule has 4 nitrogen and oxygen atoms in total. The standard InChI is InChI=1S/C24H21ClO4/c1-17-5-3-4-6-21(17)29-24(26)14-10-18-9-13-22(23(15-18)27-2)28-16-19-7-11-20(25)12-8-19/h3-15H,16H2,1-2H3/b14-10+. The summed E-state index contributed by atoms with van der Waals surface area (Å²) in [5.41, 5.74) is 2.69. The largest absolute Gasteiger partial charge is 0.493 e. The van der Waals surface area contributed by atoms with Crippen LogP contribution in [0.2, 0.25) is 5.02 Å². The Bertz CT molecular complexity index is 1010. The van der Waals surface area contributed by atoms with Crippen molar-refractivity contribution in [1.29, 1.82) is 0 Å². The molecule has 0 amide bonds. The maximum absolute atomic E-state index is 12.1. The molecule has 0 saturated heterocycles. The van der Waals surface area contributed by atoms with Crippen LogP contribution in [0.3, 0.4) is 0 Å². The second-order valence-electron chi connectivity index (χ2n) is 6.35. The molecule has 3 aromatic rings. The molecule has 0 saturated carbocycles. The van der Waals surface area contributed by atoms with Gasteiger partial charge < -0.3 is 14.2 Å². The van der Waals surface area contributed by atoms with Crippen molar-refractivity contribution in [3.05, 3.63) is 94.5 Å². The van der Waals surface area contributed by atoms with E-state index in [2.05, 4.69) is 0 Å². The van der Waals surface area contributed by atoms with E-state index >= 15 is 0 Å². The van der Waals surface area contributed by atoms with Gasteiger partial charge in [-0.25, -0.2) is 4.79 Å². The van der Waals surface area contributed by atoms with Gasteiger partial charge in [-0.3, -0.25) is 0 Å². The van der Waals surface area contributed by atoms with Crippen LogP contribution in [-0.2, 0) is 11.4 Å². The van der Waals surface area contributed by atoms with Crippen molar-refractivity contribution in [3.8, 4) is 17.2 Å². The third-order valence-corrected chi connectivity index (χ3v) is 4.46. The first-order chi connectivity index (χ1) is 14.0. The van der Waals surface area contributed by atoms with Gasteiger partial charge in [-0.1, -0.05) is 48.0 Å². The summed E-state index contributed by atoms with van der Waals surface area (Å²) < 4.78 is 16.6. The van der Waals surface area contributed by atoms with Gasteiger partial charge in [0.25, 0.3) is 0 Å². The Morgan fingerprint density at radius 2 is 1.72 bits per heavy atom. The first-order valence-electron chi connectivity index (χ1n) is 9.06. The summed E-state index contributed by atoms with van der Waals surface area (Å²) in [6, 6.07) is 20.3. The summed E-state index contributed by atoms with van der Waals surface area (Å²) in [5.74, 6) is 1.29. The van der Waals surface area contributed by atoms with Crippen molar-refractivity contribution in [3.63, 3.8) is 0 Å². The number of aryl methyl sites for hydroxylation is 1. The lowest BCUT2D eigenvalue weighted by atomic mass is 10.2. The van der Waals surface area contributed by atoms with E-state index in [1.165, 1.54) is 6.08 Å². The molecule has 148 valence electrons. The van der Waals surface area contributed by atoms with Gasteiger partial charge in [-0.2, -0.15) is 0 Å². The van der Waals surface area contributed by atoms with Crippen LogP contribution in [0.5, 0.6) is 17.2 Å². The van der Waals surface area contributed by atoms with Gasteiger partial charge in [0.05, 0.1) is 7.11 Å². The highest BCUT2D eigenvalue weighted by molar-refractivity contribution is 6.30. The van der Waals surface area contributed by atoms with Crippen LogP contribution >= 0.6 is 11.6 Å². The topological polar surface area (TPSA) is 44.8 Å². The number of esters is 1. The van der Waals surface area contributed by atoms with Crippen LogP contribution in [0, 0.1) is 6.92 Å².